The van der Waals surface area contributed by atoms with Gasteiger partial charge in [0.15, 0.2) is 0 Å². The molecule has 2 aliphatic rings. The van der Waals surface area contributed by atoms with Crippen molar-refractivity contribution in [3.05, 3.63) is 0 Å². The van der Waals surface area contributed by atoms with Gasteiger partial charge < -0.3 is 21.7 Å². The quantitative estimate of drug-likeness (QED) is 0.355. The lowest BCUT2D eigenvalue weighted by molar-refractivity contribution is -0.121. The van der Waals surface area contributed by atoms with Crippen LogP contribution < -0.4 is 21.7 Å². The highest BCUT2D eigenvalue weighted by molar-refractivity contribution is 8.00. The molecule has 2 heterocycles. The van der Waals surface area contributed by atoms with E-state index in [1.165, 1.54) is 0 Å². The van der Waals surface area contributed by atoms with Crippen LogP contribution in [-0.2, 0) is 4.79 Å². The summed E-state index contributed by atoms with van der Waals surface area (Å²) in [6, 6.07) is 0.530. The minimum Gasteiger partial charge on any atom is -0.356 e. The molecule has 5 N–H and O–H groups in total. The van der Waals surface area contributed by atoms with Crippen LogP contribution in [0.1, 0.15) is 44.9 Å². The van der Waals surface area contributed by atoms with E-state index in [-0.39, 0.29) is 18.0 Å². The number of rotatable bonds is 10. The second kappa shape index (κ2) is 9.25. The number of carbonyl (C=O) groups excluding carboxylic acids is 2. The molecule has 2 fully saturated rings. The molecule has 22 heavy (non-hydrogen) atoms. The number of hydrogen-bond donors (Lipinski definition) is 4. The van der Waals surface area contributed by atoms with Gasteiger partial charge in [0.05, 0.1) is 12.1 Å². The summed E-state index contributed by atoms with van der Waals surface area (Å²) in [5.41, 5.74) is 5.43. The van der Waals surface area contributed by atoms with Crippen LogP contribution in [0.25, 0.3) is 0 Å². The third-order valence-corrected chi connectivity index (χ3v) is 5.79. The Bertz CT molecular complexity index is 381. The standard InChI is InChI=1S/C15H28N4O2S/c16-8-4-1-5-9-17-13(20)7-3-2-6-12-14-11(10-22-12)18-15(21)19-14/h11-12,14H,1-10,16H2,(H,17,20)(H2,18,19,21)/t11-,12+,14-/m0/s1. The van der Waals surface area contributed by atoms with Crippen LogP contribution >= 0.6 is 11.8 Å². The number of hydrogen-bond acceptors (Lipinski definition) is 4. The van der Waals surface area contributed by atoms with Crippen molar-refractivity contribution in [2.45, 2.75) is 62.3 Å². The molecular formula is C15H28N4O2S. The van der Waals surface area contributed by atoms with Crippen molar-refractivity contribution in [3.63, 3.8) is 0 Å². The third kappa shape index (κ3) is 5.35. The van der Waals surface area contributed by atoms with Gasteiger partial charge in [0.25, 0.3) is 0 Å². The maximum Gasteiger partial charge on any atom is 0.315 e. The first kappa shape index (κ1) is 17.4. The molecule has 0 unspecified atom stereocenters. The number of thioether (sulfide) groups is 1. The van der Waals surface area contributed by atoms with E-state index in [2.05, 4.69) is 16.0 Å². The van der Waals surface area contributed by atoms with Crippen molar-refractivity contribution in [2.75, 3.05) is 18.8 Å². The van der Waals surface area contributed by atoms with Crippen molar-refractivity contribution in [1.82, 2.24) is 16.0 Å². The summed E-state index contributed by atoms with van der Waals surface area (Å²) in [5, 5.41) is 9.40. The van der Waals surface area contributed by atoms with Crippen LogP contribution in [0, 0.1) is 0 Å². The summed E-state index contributed by atoms with van der Waals surface area (Å²) in [6.07, 6.45) is 6.75. The maximum atomic E-state index is 11.7. The first-order chi connectivity index (χ1) is 10.7. The first-order valence-corrected chi connectivity index (χ1v) is 9.41. The van der Waals surface area contributed by atoms with Gasteiger partial charge in [-0.2, -0.15) is 11.8 Å². The fraction of sp³-hybridized carbons (Fsp3) is 0.867. The summed E-state index contributed by atoms with van der Waals surface area (Å²) in [6.45, 7) is 1.49. The lowest BCUT2D eigenvalue weighted by Crippen LogP contribution is -2.36. The summed E-state index contributed by atoms with van der Waals surface area (Å²) in [5.74, 6) is 1.15. The van der Waals surface area contributed by atoms with Gasteiger partial charge in [-0.05, 0) is 32.2 Å². The van der Waals surface area contributed by atoms with Crippen molar-refractivity contribution in [3.8, 4) is 0 Å². The van der Waals surface area contributed by atoms with Crippen molar-refractivity contribution in [1.29, 1.82) is 0 Å². The normalized spacial score (nSPS) is 26.4. The van der Waals surface area contributed by atoms with E-state index < -0.39 is 0 Å². The third-order valence-electron chi connectivity index (χ3n) is 4.28. The van der Waals surface area contributed by atoms with Crippen LogP contribution in [0.2, 0.25) is 0 Å². The number of nitrogens with two attached hydrogens (primary N) is 1. The Morgan fingerprint density at radius 1 is 1.23 bits per heavy atom. The summed E-state index contributed by atoms with van der Waals surface area (Å²) < 4.78 is 0. The molecule has 0 aliphatic carbocycles. The van der Waals surface area contributed by atoms with Crippen molar-refractivity contribution >= 4 is 23.7 Å². The Hall–Kier alpha value is -0.950. The molecule has 0 bridgehead atoms. The van der Waals surface area contributed by atoms with E-state index in [1.807, 2.05) is 11.8 Å². The Kier molecular flexibility index (Phi) is 7.32. The Labute approximate surface area is 136 Å². The van der Waals surface area contributed by atoms with E-state index in [1.54, 1.807) is 0 Å². The van der Waals surface area contributed by atoms with Gasteiger partial charge in [-0.25, -0.2) is 4.79 Å². The summed E-state index contributed by atoms with van der Waals surface area (Å²) >= 11 is 1.93. The number of amides is 3. The second-order valence-electron chi connectivity index (χ2n) is 6.07. The predicted octanol–water partition coefficient (Wildman–Crippen LogP) is 0.957. The summed E-state index contributed by atoms with van der Waals surface area (Å²) in [7, 11) is 0. The molecule has 0 aromatic heterocycles. The van der Waals surface area contributed by atoms with Crippen LogP contribution in [0.3, 0.4) is 0 Å². The largest absolute Gasteiger partial charge is 0.356 e. The van der Waals surface area contributed by atoms with Gasteiger partial charge in [0, 0.05) is 24.0 Å². The lowest BCUT2D eigenvalue weighted by atomic mass is 10.0. The van der Waals surface area contributed by atoms with Crippen molar-refractivity contribution < 1.29 is 9.59 Å². The lowest BCUT2D eigenvalue weighted by Gasteiger charge is -2.16. The Balaban J connectivity index is 1.49. The SMILES string of the molecule is NCCCCCNC(=O)CCCC[C@H]1SC[C@@H]2NC(=O)N[C@@H]21. The molecule has 0 aromatic carbocycles. The zero-order valence-electron chi connectivity index (χ0n) is 13.1. The minimum atomic E-state index is -0.0330. The number of carbonyl (C=O) groups is 2. The molecule has 126 valence electrons. The van der Waals surface area contributed by atoms with Gasteiger partial charge in [-0.15, -0.1) is 0 Å². The Morgan fingerprint density at radius 3 is 2.91 bits per heavy atom. The molecule has 3 atom stereocenters. The van der Waals surface area contributed by atoms with E-state index in [4.69, 9.17) is 5.73 Å². The first-order valence-electron chi connectivity index (χ1n) is 8.36. The molecule has 2 aliphatic heterocycles. The van der Waals surface area contributed by atoms with E-state index in [0.717, 1.165) is 57.4 Å². The van der Waals surface area contributed by atoms with E-state index in [0.29, 0.717) is 17.7 Å². The van der Waals surface area contributed by atoms with Gasteiger partial charge >= 0.3 is 6.03 Å². The molecule has 3 amide bonds. The topological polar surface area (TPSA) is 96.2 Å². The monoisotopic (exact) mass is 328 g/mol. The molecule has 0 aromatic rings. The number of urea groups is 1. The van der Waals surface area contributed by atoms with Crippen LogP contribution in [0.15, 0.2) is 0 Å². The Morgan fingerprint density at radius 2 is 2.09 bits per heavy atom. The molecule has 0 radical (unpaired) electrons. The summed E-state index contributed by atoms with van der Waals surface area (Å²) in [4.78, 5) is 23.0. The number of nitrogens with one attached hydrogen (secondary N) is 3. The smallest absolute Gasteiger partial charge is 0.315 e. The number of unbranched alkanes of at least 4 members (excludes halogenated alkanes) is 3. The van der Waals surface area contributed by atoms with E-state index >= 15 is 0 Å². The fourth-order valence-corrected chi connectivity index (χ4v) is 4.58. The van der Waals surface area contributed by atoms with Crippen molar-refractivity contribution in [2.24, 2.45) is 5.73 Å². The molecule has 2 saturated heterocycles. The zero-order chi connectivity index (χ0) is 15.8. The molecule has 0 spiro atoms. The van der Waals surface area contributed by atoms with Gasteiger partial charge in [0.1, 0.15) is 0 Å². The van der Waals surface area contributed by atoms with Gasteiger partial charge in [-0.1, -0.05) is 12.8 Å². The highest BCUT2D eigenvalue weighted by Gasteiger charge is 2.42. The predicted molar refractivity (Wildman–Crippen MR) is 89.9 cm³/mol. The van der Waals surface area contributed by atoms with Gasteiger partial charge in [0.2, 0.25) is 5.91 Å². The average molecular weight is 328 g/mol. The molecule has 2 rings (SSSR count). The molecule has 0 saturated carbocycles. The van der Waals surface area contributed by atoms with Crippen LogP contribution in [0.4, 0.5) is 4.79 Å². The average Bonchev–Trinajstić information content (AvgIpc) is 3.03. The minimum absolute atomic E-state index is 0.0330. The highest BCUT2D eigenvalue weighted by Crippen LogP contribution is 2.33. The fourth-order valence-electron chi connectivity index (χ4n) is 3.04. The highest BCUT2D eigenvalue weighted by atomic mass is 32.2. The maximum absolute atomic E-state index is 11.7. The van der Waals surface area contributed by atoms with Crippen LogP contribution in [-0.4, -0.2) is 48.1 Å². The second-order valence-corrected chi connectivity index (χ2v) is 7.34. The zero-order valence-corrected chi connectivity index (χ0v) is 13.9. The molecule has 7 heteroatoms. The molecular weight excluding hydrogens is 300 g/mol. The van der Waals surface area contributed by atoms with Gasteiger partial charge in [-0.3, -0.25) is 4.79 Å². The van der Waals surface area contributed by atoms with E-state index in [9.17, 15) is 9.59 Å². The molecule has 6 nitrogen and oxygen atoms in total. The van der Waals surface area contributed by atoms with Crippen LogP contribution in [0.5, 0.6) is 0 Å². The number of fused-ring (bicyclic) bond motifs is 1.